The van der Waals surface area contributed by atoms with Gasteiger partial charge in [0.1, 0.15) is 45.6 Å². The van der Waals surface area contributed by atoms with Gasteiger partial charge in [0.05, 0.1) is 51.7 Å². The fraction of sp³-hybridized carbons (Fsp3) is 0.274. The standard InChI is InChI=1S/C27H24N4O2S.C26H29N5O3.C20H17N5O5/c28-19-22-25(29-14-16-30(17-15-29)27(33)24-11-6-18-34-24)21-9-4-5-10-23(21)31(26(22)32)13-12-20-7-2-1-3-8-20;1-28(2)12-17-31-23-7-5-4-6-21(23)24(22(18-27)26(31)33)29-13-15-30(16-14-29)25(32)19-8-10-20(34-3)11-9-19;1-22-15-5-3-2-4-13(15)18(14(12-21)19(22)26)23-8-10-24(11-9-23)20(27)16-6-7-17(30-16)25(28)29/h1-11,18H,12-17H2;4-11H,12-17H2,1-3H3;2-7H,8-11H2,1H3. The molecule has 498 valence electrons. The number of fused-ring (bicyclic) bond motifs is 3. The highest BCUT2D eigenvalue weighted by Crippen LogP contribution is 2.34. The van der Waals surface area contributed by atoms with Gasteiger partial charge in [-0.25, -0.2) is 0 Å². The van der Waals surface area contributed by atoms with Gasteiger partial charge in [-0.15, -0.1) is 11.3 Å². The minimum Gasteiger partial charge on any atom is -0.497 e. The third-order valence-electron chi connectivity index (χ3n) is 17.8. The minimum absolute atomic E-state index is 0.0354. The first kappa shape index (κ1) is 67.6. The normalized spacial score (nSPS) is 13.9. The first-order valence-corrected chi connectivity index (χ1v) is 32.8. The van der Waals surface area contributed by atoms with Crippen LogP contribution in [-0.4, -0.2) is 162 Å². The van der Waals surface area contributed by atoms with Crippen LogP contribution < -0.4 is 36.1 Å². The highest BCUT2D eigenvalue weighted by molar-refractivity contribution is 7.12. The van der Waals surface area contributed by atoms with Crippen molar-refractivity contribution in [2.24, 2.45) is 7.05 Å². The molecule has 3 aliphatic rings. The Kier molecular flexibility index (Phi) is 20.9. The minimum atomic E-state index is -0.695. The molecule has 0 spiro atoms. The number of carbonyl (C=O) groups is 3. The first-order valence-electron chi connectivity index (χ1n) is 31.9. The summed E-state index contributed by atoms with van der Waals surface area (Å²) in [6.07, 6.45) is 0.707. The average molecular weight is 1340 g/mol. The Labute approximate surface area is 567 Å². The van der Waals surface area contributed by atoms with Crippen LogP contribution in [0.1, 0.15) is 52.8 Å². The monoisotopic (exact) mass is 1330 g/mol. The van der Waals surface area contributed by atoms with Gasteiger partial charge in [0.2, 0.25) is 0 Å². The number of thiophene rings is 1. The number of ether oxygens (including phenoxy) is 1. The van der Waals surface area contributed by atoms with E-state index >= 15 is 0 Å². The number of hydrogen-bond donors (Lipinski definition) is 0. The van der Waals surface area contributed by atoms with Gasteiger partial charge in [0.15, 0.2) is 5.76 Å². The third-order valence-corrected chi connectivity index (χ3v) is 18.7. The van der Waals surface area contributed by atoms with Gasteiger partial charge in [0, 0.05) is 127 Å². The van der Waals surface area contributed by atoms with E-state index in [9.17, 15) is 54.7 Å². The van der Waals surface area contributed by atoms with Gasteiger partial charge in [-0.2, -0.15) is 15.8 Å². The number of nitriles is 3. The molecule has 3 amide bonds. The Morgan fingerprint density at radius 3 is 1.45 bits per heavy atom. The molecule has 8 heterocycles. The largest absolute Gasteiger partial charge is 0.497 e. The Morgan fingerprint density at radius 1 is 0.541 bits per heavy atom. The number of rotatable bonds is 14. The number of methoxy groups -OCH3 is 1. The fourth-order valence-corrected chi connectivity index (χ4v) is 13.4. The fourth-order valence-electron chi connectivity index (χ4n) is 12.7. The van der Waals surface area contributed by atoms with E-state index < -0.39 is 16.7 Å². The number of benzene rings is 5. The lowest BCUT2D eigenvalue weighted by Gasteiger charge is -2.37. The maximum atomic E-state index is 13.5. The summed E-state index contributed by atoms with van der Waals surface area (Å²) >= 11 is 1.44. The number of piperazine rings is 3. The molecule has 98 heavy (non-hydrogen) atoms. The van der Waals surface area contributed by atoms with Crippen LogP contribution in [0, 0.1) is 44.1 Å². The topological polar surface area (TPSA) is 277 Å². The number of amides is 3. The van der Waals surface area contributed by atoms with E-state index in [2.05, 4.69) is 21.9 Å². The van der Waals surface area contributed by atoms with E-state index in [-0.39, 0.29) is 50.9 Å². The number of furan rings is 1. The van der Waals surface area contributed by atoms with E-state index in [0.717, 1.165) is 49.2 Å². The maximum absolute atomic E-state index is 13.5. The molecule has 5 aromatic heterocycles. The van der Waals surface area contributed by atoms with Crippen LogP contribution in [0.4, 0.5) is 22.9 Å². The summed E-state index contributed by atoms with van der Waals surface area (Å²) in [4.78, 5) is 102. The van der Waals surface area contributed by atoms with Crippen molar-refractivity contribution in [3.05, 3.63) is 237 Å². The molecule has 0 aliphatic carbocycles. The van der Waals surface area contributed by atoms with Gasteiger partial charge < -0.3 is 57.2 Å². The smallest absolute Gasteiger partial charge is 0.433 e. The molecular formula is C73H70N14O10S. The van der Waals surface area contributed by atoms with E-state index in [1.54, 1.807) is 47.6 Å². The lowest BCUT2D eigenvalue weighted by atomic mass is 10.1. The lowest BCUT2D eigenvalue weighted by Crippen LogP contribution is -2.49. The molecule has 24 nitrogen and oxygen atoms in total. The number of nitrogens with zero attached hydrogens (tertiary/aromatic N) is 14. The SMILES string of the molecule is COc1ccc(C(=O)N2CCN(c3c(C#N)c(=O)n(CCN(C)C)c4ccccc34)CC2)cc1.Cn1c(=O)c(C#N)c(N2CCN(C(=O)c3ccc([N+](=O)[O-])o3)CC2)c2ccccc21.N#Cc1c(N2CCN(C(=O)c3cccs3)CC2)c2ccccc2n(CCc2ccccc2)c1=O. The number of pyridine rings is 3. The van der Waals surface area contributed by atoms with Crippen LogP contribution >= 0.6 is 11.3 Å². The molecule has 0 saturated carbocycles. The van der Waals surface area contributed by atoms with Gasteiger partial charge in [0.25, 0.3) is 34.4 Å². The number of likely N-dealkylation sites (N-methyl/N-ethyl adjacent to an activating group) is 1. The molecule has 3 aliphatic heterocycles. The van der Waals surface area contributed by atoms with Gasteiger partial charge in [-0.3, -0.25) is 38.9 Å². The summed E-state index contributed by atoms with van der Waals surface area (Å²) in [5.74, 6) is -0.299. The quantitative estimate of drug-likeness (QED) is 0.0729. The van der Waals surface area contributed by atoms with E-state index in [1.165, 1.54) is 26.9 Å². The van der Waals surface area contributed by atoms with E-state index in [1.807, 2.05) is 160 Å². The molecule has 0 radical (unpaired) electrons. The number of hydrogen-bond acceptors (Lipinski definition) is 18. The second kappa shape index (κ2) is 30.3. The summed E-state index contributed by atoms with van der Waals surface area (Å²) in [5.41, 5.74) is 5.54. The van der Waals surface area contributed by atoms with Crippen molar-refractivity contribution >= 4 is 84.7 Å². The van der Waals surface area contributed by atoms with Crippen LogP contribution in [0.25, 0.3) is 32.7 Å². The molecule has 25 heteroatoms. The molecule has 13 rings (SSSR count). The van der Waals surface area contributed by atoms with Crippen LogP contribution in [0.5, 0.6) is 5.75 Å². The Morgan fingerprint density at radius 2 is 0.990 bits per heavy atom. The predicted molar refractivity (Wildman–Crippen MR) is 375 cm³/mol. The van der Waals surface area contributed by atoms with Crippen molar-refractivity contribution in [2.45, 2.75) is 19.5 Å². The Bertz CT molecular complexity index is 4940. The average Bonchev–Trinajstić information content (AvgIpc) is 1.23. The summed E-state index contributed by atoms with van der Waals surface area (Å²) in [6, 6.07) is 52.6. The predicted octanol–water partition coefficient (Wildman–Crippen LogP) is 8.42. The first-order chi connectivity index (χ1) is 47.5. The highest BCUT2D eigenvalue weighted by atomic mass is 32.1. The van der Waals surface area contributed by atoms with Crippen molar-refractivity contribution < 1.29 is 28.5 Å². The van der Waals surface area contributed by atoms with Crippen LogP contribution in [-0.2, 0) is 26.6 Å². The molecule has 10 aromatic rings. The zero-order valence-electron chi connectivity index (χ0n) is 54.6. The van der Waals surface area contributed by atoms with Gasteiger partial charge in [-0.1, -0.05) is 91.0 Å². The maximum Gasteiger partial charge on any atom is 0.433 e. The zero-order chi connectivity index (χ0) is 69.1. The molecule has 3 fully saturated rings. The van der Waals surface area contributed by atoms with Gasteiger partial charge >= 0.3 is 5.88 Å². The summed E-state index contributed by atoms with van der Waals surface area (Å²) in [5, 5.41) is 44.8. The van der Waals surface area contributed by atoms with Crippen molar-refractivity contribution in [1.29, 1.82) is 15.8 Å². The van der Waals surface area contributed by atoms with Crippen LogP contribution in [0.15, 0.2) is 176 Å². The number of carbonyl (C=O) groups excluding carboxylic acids is 3. The molecule has 0 unspecified atom stereocenters. The molecule has 0 atom stereocenters. The highest BCUT2D eigenvalue weighted by Gasteiger charge is 2.32. The second-order valence-electron chi connectivity index (χ2n) is 23.8. The Balaban J connectivity index is 0.000000149. The van der Waals surface area contributed by atoms with Crippen molar-refractivity contribution in [1.82, 2.24) is 33.3 Å². The van der Waals surface area contributed by atoms with Crippen molar-refractivity contribution in [2.75, 3.05) is 121 Å². The zero-order valence-corrected chi connectivity index (χ0v) is 55.4. The van der Waals surface area contributed by atoms with Crippen molar-refractivity contribution in [3.8, 4) is 24.0 Å². The molecular weight excluding hydrogens is 1260 g/mol. The van der Waals surface area contributed by atoms with E-state index in [4.69, 9.17) is 9.15 Å². The summed E-state index contributed by atoms with van der Waals surface area (Å²) in [7, 11) is 7.14. The lowest BCUT2D eigenvalue weighted by molar-refractivity contribution is -0.402. The van der Waals surface area contributed by atoms with Crippen LogP contribution in [0.2, 0.25) is 0 Å². The summed E-state index contributed by atoms with van der Waals surface area (Å²) in [6.45, 7) is 7.49. The number of para-hydroxylation sites is 3. The second-order valence-corrected chi connectivity index (χ2v) is 24.8. The van der Waals surface area contributed by atoms with E-state index in [0.29, 0.717) is 133 Å². The third kappa shape index (κ3) is 14.1. The summed E-state index contributed by atoms with van der Waals surface area (Å²) < 4.78 is 15.1. The molecule has 3 saturated heterocycles. The van der Waals surface area contributed by atoms with Crippen LogP contribution in [0.3, 0.4) is 0 Å². The number of aryl methyl sites for hydroxylation is 3. The number of nitro groups is 1. The number of aromatic nitrogens is 3. The molecule has 0 bridgehead atoms. The molecule has 5 aromatic carbocycles. The van der Waals surface area contributed by atoms with Gasteiger partial charge in [-0.05, 0) is 86.1 Å². The van der Waals surface area contributed by atoms with Crippen molar-refractivity contribution in [3.63, 3.8) is 0 Å². The Hall–Kier alpha value is -11.9. The molecule has 0 N–H and O–H groups in total. The number of anilines is 3.